The second kappa shape index (κ2) is 9.73. The molecule has 4 heterocycles. The van der Waals surface area contributed by atoms with Crippen LogP contribution in [0.5, 0.6) is 0 Å². The van der Waals surface area contributed by atoms with Gasteiger partial charge in [-0.2, -0.15) is 15.0 Å². The van der Waals surface area contributed by atoms with Gasteiger partial charge in [0.1, 0.15) is 11.8 Å². The number of hydrogen-bond donors (Lipinski definition) is 2. The van der Waals surface area contributed by atoms with Crippen LogP contribution in [-0.2, 0) is 4.79 Å². The second-order valence-electron chi connectivity index (χ2n) is 9.50. The number of fused-ring (bicyclic) bond motifs is 1. The lowest BCUT2D eigenvalue weighted by Crippen LogP contribution is -2.35. The van der Waals surface area contributed by atoms with Crippen molar-refractivity contribution < 1.29 is 4.79 Å². The zero-order valence-corrected chi connectivity index (χ0v) is 20.5. The summed E-state index contributed by atoms with van der Waals surface area (Å²) in [6, 6.07) is 6.20. The van der Waals surface area contributed by atoms with Crippen LogP contribution in [-0.4, -0.2) is 52.7 Å². The monoisotopic (exact) mass is 484 g/mol. The van der Waals surface area contributed by atoms with Gasteiger partial charge in [-0.15, -0.1) is 5.10 Å². The molecule has 36 heavy (non-hydrogen) atoms. The smallest absolute Gasteiger partial charge is 0.217 e. The van der Waals surface area contributed by atoms with Crippen molar-refractivity contribution >= 4 is 22.6 Å². The predicted molar refractivity (Wildman–Crippen MR) is 134 cm³/mol. The van der Waals surface area contributed by atoms with Crippen molar-refractivity contribution in [3.8, 4) is 17.6 Å². The van der Waals surface area contributed by atoms with Gasteiger partial charge >= 0.3 is 0 Å². The molecular formula is C25H28N10O. The van der Waals surface area contributed by atoms with E-state index in [9.17, 15) is 4.79 Å². The highest BCUT2D eigenvalue weighted by Gasteiger charge is 2.25. The molecule has 1 saturated carbocycles. The summed E-state index contributed by atoms with van der Waals surface area (Å²) in [4.78, 5) is 20.4. The number of carbonyl (C=O) groups is 1. The van der Waals surface area contributed by atoms with Crippen LogP contribution < -0.4 is 10.6 Å². The van der Waals surface area contributed by atoms with Crippen LogP contribution in [0.1, 0.15) is 63.6 Å². The van der Waals surface area contributed by atoms with Crippen LogP contribution >= 0.6 is 0 Å². The number of nitriles is 1. The van der Waals surface area contributed by atoms with Gasteiger partial charge in [0.2, 0.25) is 5.91 Å². The molecule has 1 amide bonds. The number of carbonyl (C=O) groups excluding carboxylic acids is 1. The number of hydrogen-bond acceptors (Lipinski definition) is 8. The topological polar surface area (TPSA) is 139 Å². The Morgan fingerprint density at radius 1 is 1.14 bits per heavy atom. The van der Waals surface area contributed by atoms with Crippen molar-refractivity contribution in [1.29, 1.82) is 5.26 Å². The number of pyridine rings is 2. The molecule has 11 nitrogen and oxygen atoms in total. The number of aromatic nitrogens is 7. The molecule has 11 heteroatoms. The lowest BCUT2D eigenvalue weighted by molar-refractivity contribution is -0.119. The van der Waals surface area contributed by atoms with Gasteiger partial charge in [-0.25, -0.2) is 14.6 Å². The minimum atomic E-state index is 0.0244. The molecular weight excluding hydrogens is 456 g/mol. The average molecular weight is 485 g/mol. The number of anilines is 1. The molecule has 0 unspecified atom stereocenters. The lowest BCUT2D eigenvalue weighted by Gasteiger charge is -2.27. The first-order chi connectivity index (χ1) is 17.4. The maximum Gasteiger partial charge on any atom is 0.217 e. The molecule has 5 rings (SSSR count). The fraction of sp³-hybridized carbons (Fsp3) is 0.400. The molecule has 0 atom stereocenters. The Balaban J connectivity index is 1.42. The van der Waals surface area contributed by atoms with Gasteiger partial charge in [0, 0.05) is 42.6 Å². The Bertz CT molecular complexity index is 1440. The van der Waals surface area contributed by atoms with Gasteiger partial charge in [0.25, 0.3) is 0 Å². The third kappa shape index (κ3) is 4.75. The fourth-order valence-corrected chi connectivity index (χ4v) is 4.71. The van der Waals surface area contributed by atoms with Crippen molar-refractivity contribution in [2.45, 2.75) is 64.5 Å². The molecule has 4 aromatic rings. The quantitative estimate of drug-likeness (QED) is 0.425. The predicted octanol–water partition coefficient (Wildman–Crippen LogP) is 3.25. The molecule has 0 aliphatic heterocycles. The van der Waals surface area contributed by atoms with E-state index < -0.39 is 0 Å². The number of nitrogens with one attached hydrogen (secondary N) is 2. The minimum absolute atomic E-state index is 0.0244. The second-order valence-corrected chi connectivity index (χ2v) is 9.50. The first-order valence-corrected chi connectivity index (χ1v) is 12.1. The Hall–Kier alpha value is -4.33. The lowest BCUT2D eigenvalue weighted by atomic mass is 9.84. The van der Waals surface area contributed by atoms with Crippen molar-refractivity contribution in [2.75, 3.05) is 5.32 Å². The van der Waals surface area contributed by atoms with Crippen LogP contribution in [0, 0.1) is 11.3 Å². The summed E-state index contributed by atoms with van der Waals surface area (Å²) in [7, 11) is 0. The third-order valence-electron chi connectivity index (χ3n) is 6.38. The van der Waals surface area contributed by atoms with E-state index in [0.717, 1.165) is 48.1 Å². The fourth-order valence-electron chi connectivity index (χ4n) is 4.71. The summed E-state index contributed by atoms with van der Waals surface area (Å²) in [6.45, 7) is 5.70. The Morgan fingerprint density at radius 2 is 1.94 bits per heavy atom. The highest BCUT2D eigenvalue weighted by atomic mass is 16.1. The van der Waals surface area contributed by atoms with E-state index in [1.807, 2.05) is 12.3 Å². The van der Waals surface area contributed by atoms with Crippen LogP contribution in [0.3, 0.4) is 0 Å². The first kappa shape index (κ1) is 23.4. The van der Waals surface area contributed by atoms with E-state index in [1.165, 1.54) is 6.20 Å². The molecule has 0 spiro atoms. The van der Waals surface area contributed by atoms with E-state index in [4.69, 9.17) is 5.26 Å². The van der Waals surface area contributed by atoms with Gasteiger partial charge in [-0.3, -0.25) is 4.79 Å². The average Bonchev–Trinajstić information content (AvgIpc) is 3.51. The van der Waals surface area contributed by atoms with E-state index >= 15 is 0 Å². The van der Waals surface area contributed by atoms with Crippen LogP contribution in [0.25, 0.3) is 22.5 Å². The summed E-state index contributed by atoms with van der Waals surface area (Å²) >= 11 is 0. The van der Waals surface area contributed by atoms with Crippen molar-refractivity contribution in [1.82, 2.24) is 40.1 Å². The molecule has 1 aliphatic rings. The summed E-state index contributed by atoms with van der Waals surface area (Å²) < 4.78 is 3.42. The van der Waals surface area contributed by atoms with Gasteiger partial charge in [0.15, 0.2) is 11.5 Å². The van der Waals surface area contributed by atoms with E-state index in [1.54, 1.807) is 34.7 Å². The zero-order chi connectivity index (χ0) is 25.2. The van der Waals surface area contributed by atoms with Crippen LogP contribution in [0.2, 0.25) is 0 Å². The molecule has 0 bridgehead atoms. The molecule has 1 aliphatic carbocycles. The first-order valence-electron chi connectivity index (χ1n) is 12.1. The normalized spacial score (nSPS) is 17.8. The van der Waals surface area contributed by atoms with E-state index in [0.29, 0.717) is 22.9 Å². The molecule has 184 valence electrons. The summed E-state index contributed by atoms with van der Waals surface area (Å²) in [5.74, 6) is 0.944. The van der Waals surface area contributed by atoms with E-state index in [-0.39, 0.29) is 18.0 Å². The van der Waals surface area contributed by atoms with Gasteiger partial charge < -0.3 is 10.6 Å². The highest BCUT2D eigenvalue weighted by molar-refractivity contribution is 5.77. The van der Waals surface area contributed by atoms with E-state index in [2.05, 4.69) is 55.9 Å². The molecule has 4 aromatic heterocycles. The standard InChI is InChI=1S/C25H28N10O/c1-15(2)30-21-9-24(35-25-19(12-29-35)8-17(10-26)11-28-25)27-13-23(21)34-14-22(32-33-34)18-4-6-20(7-5-18)31-16(3)36/h8-9,11-15,18,20H,4-7H2,1-3H3,(H,27,30)(H,31,36). The SMILES string of the molecule is CC(=O)NC1CCC(c2cn(-c3cnc(-n4ncc5cc(C#N)cnc54)cc3NC(C)C)nn2)CC1. The Labute approximate surface area is 208 Å². The van der Waals surface area contributed by atoms with Crippen molar-refractivity contribution in [3.63, 3.8) is 0 Å². The van der Waals surface area contributed by atoms with Crippen LogP contribution in [0.15, 0.2) is 36.9 Å². The maximum atomic E-state index is 11.4. The van der Waals surface area contributed by atoms with Gasteiger partial charge in [-0.1, -0.05) is 5.21 Å². The van der Waals surface area contributed by atoms with Gasteiger partial charge in [0.05, 0.1) is 35.5 Å². The van der Waals surface area contributed by atoms with Crippen LogP contribution in [0.4, 0.5) is 5.69 Å². The minimum Gasteiger partial charge on any atom is -0.381 e. The molecule has 2 N–H and O–H groups in total. The zero-order valence-electron chi connectivity index (χ0n) is 20.5. The van der Waals surface area contributed by atoms with Gasteiger partial charge in [-0.05, 0) is 45.6 Å². The maximum absolute atomic E-state index is 11.4. The Kier molecular flexibility index (Phi) is 6.33. The molecule has 0 saturated heterocycles. The molecule has 0 aromatic carbocycles. The number of amides is 1. The molecule has 0 radical (unpaired) electrons. The third-order valence-corrected chi connectivity index (χ3v) is 6.38. The summed E-state index contributed by atoms with van der Waals surface area (Å²) in [6.07, 6.45) is 10.7. The number of nitrogens with zero attached hydrogens (tertiary/aromatic N) is 8. The largest absolute Gasteiger partial charge is 0.381 e. The molecule has 1 fully saturated rings. The summed E-state index contributed by atoms with van der Waals surface area (Å²) in [5, 5.41) is 29.7. The van der Waals surface area contributed by atoms with Crippen molar-refractivity contribution in [3.05, 3.63) is 48.2 Å². The summed E-state index contributed by atoms with van der Waals surface area (Å²) in [5.41, 5.74) is 3.69. The number of rotatable bonds is 6. The van der Waals surface area contributed by atoms with Crippen molar-refractivity contribution in [2.24, 2.45) is 0 Å². The Morgan fingerprint density at radius 3 is 2.67 bits per heavy atom. The highest BCUT2D eigenvalue weighted by Crippen LogP contribution is 2.32.